The van der Waals surface area contributed by atoms with Gasteiger partial charge in [0.1, 0.15) is 0 Å². The van der Waals surface area contributed by atoms with Crippen molar-refractivity contribution in [1.29, 1.82) is 0 Å². The van der Waals surface area contributed by atoms with Gasteiger partial charge in [-0.3, -0.25) is 4.79 Å². The number of hydrogen-bond acceptors (Lipinski definition) is 4. The minimum atomic E-state index is -0.0268. The van der Waals surface area contributed by atoms with Crippen molar-refractivity contribution in [2.24, 2.45) is 0 Å². The van der Waals surface area contributed by atoms with Crippen LogP contribution in [0.1, 0.15) is 27.9 Å². The number of anilines is 1. The lowest BCUT2D eigenvalue weighted by Gasteiger charge is -2.16. The van der Waals surface area contributed by atoms with E-state index in [0.29, 0.717) is 10.6 Å². The van der Waals surface area contributed by atoms with E-state index in [0.717, 1.165) is 17.8 Å². The van der Waals surface area contributed by atoms with E-state index in [1.807, 2.05) is 27.9 Å². The number of nitrogens with one attached hydrogen (secondary N) is 1. The highest BCUT2D eigenvalue weighted by molar-refractivity contribution is 7.14. The zero-order valence-electron chi connectivity index (χ0n) is 10.9. The van der Waals surface area contributed by atoms with Gasteiger partial charge in [0.25, 0.3) is 5.91 Å². The second-order valence-electron chi connectivity index (χ2n) is 4.59. The number of thiophene rings is 1. The molecule has 1 aromatic heterocycles. The largest absolute Gasteiger partial charge is 0.398 e. The smallest absolute Gasteiger partial charge is 0.261 e. The highest BCUT2D eigenvalue weighted by Crippen LogP contribution is 2.23. The molecule has 0 aliphatic carbocycles. The summed E-state index contributed by atoms with van der Waals surface area (Å²) in [5, 5.41) is 2.98. The first-order valence-electron chi connectivity index (χ1n) is 5.71. The highest BCUT2D eigenvalue weighted by atomic mass is 32.1. The molecular formula is C12H21N3OS. The normalized spacial score (nSPS) is 12.8. The Hall–Kier alpha value is -1.07. The van der Waals surface area contributed by atoms with E-state index in [1.165, 1.54) is 11.3 Å². The lowest BCUT2D eigenvalue weighted by molar-refractivity contribution is 0.0941. The van der Waals surface area contributed by atoms with Crippen LogP contribution in [0.15, 0.2) is 6.07 Å². The maximum Gasteiger partial charge on any atom is 0.261 e. The summed E-state index contributed by atoms with van der Waals surface area (Å²) in [5.41, 5.74) is 6.43. The van der Waals surface area contributed by atoms with Gasteiger partial charge < -0.3 is 16.0 Å². The van der Waals surface area contributed by atoms with Gasteiger partial charge in [-0.05, 0) is 47.0 Å². The van der Waals surface area contributed by atoms with Gasteiger partial charge in [0.15, 0.2) is 0 Å². The number of hydrogen-bond donors (Lipinski definition) is 2. The van der Waals surface area contributed by atoms with Gasteiger partial charge in [0.2, 0.25) is 0 Å². The molecular weight excluding hydrogens is 234 g/mol. The predicted molar refractivity (Wildman–Crippen MR) is 73.6 cm³/mol. The number of rotatable bonds is 5. The van der Waals surface area contributed by atoms with Crippen LogP contribution in [0.3, 0.4) is 0 Å². The molecule has 1 amide bonds. The van der Waals surface area contributed by atoms with Gasteiger partial charge in [-0.25, -0.2) is 0 Å². The molecule has 1 heterocycles. The number of amides is 1. The molecule has 0 saturated heterocycles. The third-order valence-corrected chi connectivity index (χ3v) is 3.63. The van der Waals surface area contributed by atoms with Crippen LogP contribution in [0.25, 0.3) is 0 Å². The Morgan fingerprint density at radius 1 is 1.59 bits per heavy atom. The monoisotopic (exact) mass is 255 g/mol. The molecule has 17 heavy (non-hydrogen) atoms. The maximum absolute atomic E-state index is 11.9. The molecule has 96 valence electrons. The van der Waals surface area contributed by atoms with E-state index < -0.39 is 0 Å². The first-order chi connectivity index (χ1) is 7.90. The van der Waals surface area contributed by atoms with E-state index in [2.05, 4.69) is 10.2 Å². The topological polar surface area (TPSA) is 58.4 Å². The third-order valence-electron chi connectivity index (χ3n) is 2.57. The molecule has 1 rings (SSSR count). The van der Waals surface area contributed by atoms with E-state index in [9.17, 15) is 4.79 Å². The zero-order chi connectivity index (χ0) is 13.0. The Morgan fingerprint density at radius 2 is 2.24 bits per heavy atom. The van der Waals surface area contributed by atoms with Crippen LogP contribution in [-0.4, -0.2) is 37.5 Å². The molecule has 0 radical (unpaired) electrons. The van der Waals surface area contributed by atoms with Gasteiger partial charge in [0, 0.05) is 16.6 Å². The summed E-state index contributed by atoms with van der Waals surface area (Å²) in [4.78, 5) is 15.7. The lowest BCUT2D eigenvalue weighted by Crippen LogP contribution is -2.34. The summed E-state index contributed by atoms with van der Waals surface area (Å²) in [5.74, 6) is -0.0268. The van der Waals surface area contributed by atoms with Crippen LogP contribution in [0, 0.1) is 6.92 Å². The van der Waals surface area contributed by atoms with Crippen molar-refractivity contribution in [3.8, 4) is 0 Å². The van der Waals surface area contributed by atoms with Crippen LogP contribution in [0.2, 0.25) is 0 Å². The van der Waals surface area contributed by atoms with Gasteiger partial charge in [-0.1, -0.05) is 0 Å². The van der Waals surface area contributed by atoms with E-state index in [4.69, 9.17) is 5.73 Å². The molecule has 0 saturated carbocycles. The fraction of sp³-hybridized carbons (Fsp3) is 0.583. The Balaban J connectivity index is 2.48. The fourth-order valence-corrected chi connectivity index (χ4v) is 2.27. The Morgan fingerprint density at radius 3 is 2.71 bits per heavy atom. The molecule has 0 aliphatic rings. The first kappa shape index (κ1) is 14.0. The van der Waals surface area contributed by atoms with Crippen molar-refractivity contribution in [3.63, 3.8) is 0 Å². The Bertz CT molecular complexity index is 368. The van der Waals surface area contributed by atoms with Gasteiger partial charge in [-0.15, -0.1) is 11.3 Å². The number of nitrogens with two attached hydrogens (primary N) is 1. The van der Waals surface area contributed by atoms with Crippen molar-refractivity contribution in [2.75, 3.05) is 26.4 Å². The molecule has 0 aromatic carbocycles. The molecule has 0 bridgehead atoms. The average Bonchev–Trinajstić information content (AvgIpc) is 2.56. The van der Waals surface area contributed by atoms with Gasteiger partial charge >= 0.3 is 0 Å². The van der Waals surface area contributed by atoms with Crippen LogP contribution < -0.4 is 11.1 Å². The molecule has 0 fully saturated rings. The van der Waals surface area contributed by atoms with E-state index in [1.54, 1.807) is 6.07 Å². The minimum absolute atomic E-state index is 0.0268. The molecule has 0 spiro atoms. The summed E-state index contributed by atoms with van der Waals surface area (Å²) in [6.45, 7) is 4.91. The fourth-order valence-electron chi connectivity index (χ4n) is 1.43. The number of nitrogens with zero attached hydrogens (tertiary/aromatic N) is 1. The van der Waals surface area contributed by atoms with Gasteiger partial charge in [-0.2, -0.15) is 0 Å². The summed E-state index contributed by atoms with van der Waals surface area (Å²) in [6.07, 6.45) is 0.943. The van der Waals surface area contributed by atoms with E-state index in [-0.39, 0.29) is 11.9 Å². The first-order valence-corrected chi connectivity index (χ1v) is 6.53. The third kappa shape index (κ3) is 4.36. The number of nitrogen functional groups attached to an aromatic ring is 1. The zero-order valence-corrected chi connectivity index (χ0v) is 11.7. The molecule has 4 nitrogen and oxygen atoms in total. The van der Waals surface area contributed by atoms with Crippen molar-refractivity contribution in [1.82, 2.24) is 10.2 Å². The maximum atomic E-state index is 11.9. The highest BCUT2D eigenvalue weighted by Gasteiger charge is 2.13. The van der Waals surface area contributed by atoms with Crippen molar-refractivity contribution in [3.05, 3.63) is 15.8 Å². The van der Waals surface area contributed by atoms with Gasteiger partial charge in [0.05, 0.1) is 4.88 Å². The number of aryl methyl sites for hydroxylation is 1. The summed E-state index contributed by atoms with van der Waals surface area (Å²) in [7, 11) is 4.05. The molecule has 1 aromatic rings. The summed E-state index contributed by atoms with van der Waals surface area (Å²) >= 11 is 1.44. The number of carbonyl (C=O) groups excluding carboxylic acids is 1. The Labute approximate surface area is 107 Å². The van der Waals surface area contributed by atoms with Crippen LogP contribution >= 0.6 is 11.3 Å². The van der Waals surface area contributed by atoms with E-state index >= 15 is 0 Å². The standard InChI is InChI=1S/C12H21N3OS/c1-8(5-6-15(3)4)14-12(16)11-7-10(13)9(2)17-11/h7-8H,5-6,13H2,1-4H3,(H,14,16). The quantitative estimate of drug-likeness (QED) is 0.842. The van der Waals surface area contributed by atoms with Crippen LogP contribution in [0.4, 0.5) is 5.69 Å². The number of carbonyl (C=O) groups is 1. The summed E-state index contributed by atoms with van der Waals surface area (Å²) < 4.78 is 0. The molecule has 3 N–H and O–H groups in total. The lowest BCUT2D eigenvalue weighted by atomic mass is 10.2. The SMILES string of the molecule is Cc1sc(C(=O)NC(C)CCN(C)C)cc1N. The minimum Gasteiger partial charge on any atom is -0.398 e. The second kappa shape index (κ2) is 6.02. The van der Waals surface area contributed by atoms with Crippen molar-refractivity contribution < 1.29 is 4.79 Å². The molecule has 1 unspecified atom stereocenters. The molecule has 5 heteroatoms. The Kier molecular flexibility index (Phi) is 4.96. The molecule has 1 atom stereocenters. The van der Waals surface area contributed by atoms with Crippen molar-refractivity contribution in [2.45, 2.75) is 26.3 Å². The molecule has 0 aliphatic heterocycles. The second-order valence-corrected chi connectivity index (χ2v) is 5.84. The van der Waals surface area contributed by atoms with Crippen LogP contribution in [-0.2, 0) is 0 Å². The predicted octanol–water partition coefficient (Wildman–Crippen LogP) is 1.71. The summed E-state index contributed by atoms with van der Waals surface area (Å²) in [6, 6.07) is 1.92. The van der Waals surface area contributed by atoms with Crippen molar-refractivity contribution >= 4 is 22.9 Å². The van der Waals surface area contributed by atoms with Crippen LogP contribution in [0.5, 0.6) is 0 Å². The average molecular weight is 255 g/mol.